The molecule has 2 heterocycles. The molecule has 19 heavy (non-hydrogen) atoms. The second kappa shape index (κ2) is 5.87. The molecule has 0 spiro atoms. The Hall–Kier alpha value is -1.16. The minimum atomic E-state index is 0.518. The second-order valence-electron chi connectivity index (χ2n) is 6.07. The third-order valence-electron chi connectivity index (χ3n) is 4.02. The molecule has 1 aliphatic carbocycles. The normalized spacial score (nSPS) is 24.4. The highest BCUT2D eigenvalue weighted by Gasteiger charge is 2.27. The minimum absolute atomic E-state index is 0.518. The summed E-state index contributed by atoms with van der Waals surface area (Å²) in [6.45, 7) is 6.50. The first-order chi connectivity index (χ1) is 9.29. The van der Waals surface area contributed by atoms with E-state index < -0.39 is 0 Å². The molecule has 1 unspecified atom stereocenters. The third-order valence-corrected chi connectivity index (χ3v) is 4.02. The Bertz CT molecular complexity index is 402. The van der Waals surface area contributed by atoms with Crippen LogP contribution in [0.3, 0.4) is 0 Å². The Kier molecular flexibility index (Phi) is 3.97. The fraction of sp³-hybridized carbons (Fsp3) is 0.733. The van der Waals surface area contributed by atoms with Gasteiger partial charge in [0.15, 0.2) is 0 Å². The van der Waals surface area contributed by atoms with Gasteiger partial charge in [0, 0.05) is 31.4 Å². The van der Waals surface area contributed by atoms with Crippen LogP contribution in [0.5, 0.6) is 6.01 Å². The van der Waals surface area contributed by atoms with Gasteiger partial charge in [0.1, 0.15) is 0 Å². The zero-order valence-corrected chi connectivity index (χ0v) is 11.7. The maximum Gasteiger partial charge on any atom is 0.316 e. The minimum Gasteiger partial charge on any atom is -0.463 e. The molecule has 1 aromatic rings. The van der Waals surface area contributed by atoms with Crippen molar-refractivity contribution in [1.82, 2.24) is 14.9 Å². The predicted molar refractivity (Wildman–Crippen MR) is 74.2 cm³/mol. The van der Waals surface area contributed by atoms with E-state index in [1.165, 1.54) is 45.3 Å². The fourth-order valence-corrected chi connectivity index (χ4v) is 2.77. The molecule has 0 amide bonds. The molecule has 3 rings (SSSR count). The third kappa shape index (κ3) is 3.90. The first kappa shape index (κ1) is 12.9. The van der Waals surface area contributed by atoms with Crippen LogP contribution in [0.15, 0.2) is 12.4 Å². The number of nitrogens with zero attached hydrogens (tertiary/aromatic N) is 3. The number of rotatable bonds is 5. The van der Waals surface area contributed by atoms with Gasteiger partial charge in [-0.1, -0.05) is 0 Å². The summed E-state index contributed by atoms with van der Waals surface area (Å²) in [7, 11) is 0. The molecule has 4 nitrogen and oxygen atoms in total. The summed E-state index contributed by atoms with van der Waals surface area (Å²) < 4.78 is 5.72. The largest absolute Gasteiger partial charge is 0.463 e. The van der Waals surface area contributed by atoms with Gasteiger partial charge in [-0.2, -0.15) is 0 Å². The van der Waals surface area contributed by atoms with Crippen molar-refractivity contribution in [2.24, 2.45) is 11.8 Å². The molecule has 0 aromatic carbocycles. The molecule has 104 valence electrons. The SMILES string of the molecule is Cc1cnc(OCC2CCCN(CC3CC3)C2)nc1. The number of aromatic nitrogens is 2. The van der Waals surface area contributed by atoms with E-state index in [2.05, 4.69) is 14.9 Å². The van der Waals surface area contributed by atoms with Crippen LogP contribution in [0.4, 0.5) is 0 Å². The number of hydrogen-bond acceptors (Lipinski definition) is 4. The molecule has 1 saturated heterocycles. The van der Waals surface area contributed by atoms with Gasteiger partial charge < -0.3 is 9.64 Å². The summed E-state index contributed by atoms with van der Waals surface area (Å²) in [6.07, 6.45) is 9.07. The standard InChI is InChI=1S/C15H23N3O/c1-12-7-16-15(17-8-12)19-11-14-3-2-6-18(10-14)9-13-4-5-13/h7-8,13-14H,2-6,9-11H2,1H3. The van der Waals surface area contributed by atoms with Crippen LogP contribution in [0, 0.1) is 18.8 Å². The Balaban J connectivity index is 1.44. The molecule has 1 saturated carbocycles. The Labute approximate surface area is 115 Å². The number of likely N-dealkylation sites (tertiary alicyclic amines) is 1. The van der Waals surface area contributed by atoms with Crippen molar-refractivity contribution >= 4 is 0 Å². The lowest BCUT2D eigenvalue weighted by molar-refractivity contribution is 0.122. The number of aryl methyl sites for hydroxylation is 1. The van der Waals surface area contributed by atoms with Crippen LogP contribution in [-0.4, -0.2) is 41.1 Å². The number of ether oxygens (including phenoxy) is 1. The van der Waals surface area contributed by atoms with Crippen LogP contribution in [0.25, 0.3) is 0 Å². The lowest BCUT2D eigenvalue weighted by Crippen LogP contribution is -2.38. The van der Waals surface area contributed by atoms with E-state index in [4.69, 9.17) is 4.74 Å². The highest BCUT2D eigenvalue weighted by molar-refractivity contribution is 5.04. The van der Waals surface area contributed by atoms with Crippen molar-refractivity contribution in [1.29, 1.82) is 0 Å². The van der Waals surface area contributed by atoms with E-state index in [9.17, 15) is 0 Å². The number of hydrogen-bond donors (Lipinski definition) is 0. The Morgan fingerprint density at radius 1 is 1.21 bits per heavy atom. The lowest BCUT2D eigenvalue weighted by atomic mass is 9.99. The second-order valence-corrected chi connectivity index (χ2v) is 6.07. The van der Waals surface area contributed by atoms with E-state index in [1.807, 2.05) is 19.3 Å². The lowest BCUT2D eigenvalue weighted by Gasteiger charge is -2.32. The van der Waals surface area contributed by atoms with Gasteiger partial charge in [0.2, 0.25) is 0 Å². The van der Waals surface area contributed by atoms with Gasteiger partial charge >= 0.3 is 6.01 Å². The summed E-state index contributed by atoms with van der Waals surface area (Å²) in [5, 5.41) is 0. The van der Waals surface area contributed by atoms with E-state index >= 15 is 0 Å². The quantitative estimate of drug-likeness (QED) is 0.815. The highest BCUT2D eigenvalue weighted by atomic mass is 16.5. The molecule has 2 aliphatic rings. The predicted octanol–water partition coefficient (Wildman–Crippen LogP) is 2.29. The highest BCUT2D eigenvalue weighted by Crippen LogP contribution is 2.31. The molecule has 1 atom stereocenters. The first-order valence-corrected chi connectivity index (χ1v) is 7.43. The van der Waals surface area contributed by atoms with Crippen molar-refractivity contribution in [3.63, 3.8) is 0 Å². The van der Waals surface area contributed by atoms with Crippen molar-refractivity contribution in [3.8, 4) is 6.01 Å². The average Bonchev–Trinajstić information content (AvgIpc) is 3.23. The van der Waals surface area contributed by atoms with Gasteiger partial charge in [-0.15, -0.1) is 0 Å². The van der Waals surface area contributed by atoms with Gasteiger partial charge in [-0.05, 0) is 50.6 Å². The van der Waals surface area contributed by atoms with Gasteiger partial charge in [-0.25, -0.2) is 9.97 Å². The zero-order valence-electron chi connectivity index (χ0n) is 11.7. The summed E-state index contributed by atoms with van der Waals surface area (Å²) in [6, 6.07) is 0.518. The van der Waals surface area contributed by atoms with Crippen LogP contribution in [0.2, 0.25) is 0 Å². The Morgan fingerprint density at radius 2 is 2.00 bits per heavy atom. The maximum atomic E-state index is 5.72. The molecule has 0 N–H and O–H groups in total. The summed E-state index contributed by atoms with van der Waals surface area (Å²) in [5.41, 5.74) is 1.07. The molecule has 4 heteroatoms. The Morgan fingerprint density at radius 3 is 2.74 bits per heavy atom. The van der Waals surface area contributed by atoms with Crippen LogP contribution in [-0.2, 0) is 0 Å². The van der Waals surface area contributed by atoms with Crippen molar-refractivity contribution in [3.05, 3.63) is 18.0 Å². The molecular formula is C15H23N3O. The van der Waals surface area contributed by atoms with Crippen LogP contribution >= 0.6 is 0 Å². The van der Waals surface area contributed by atoms with E-state index in [1.54, 1.807) is 0 Å². The average molecular weight is 261 g/mol. The van der Waals surface area contributed by atoms with Crippen LogP contribution in [0.1, 0.15) is 31.2 Å². The van der Waals surface area contributed by atoms with E-state index in [0.29, 0.717) is 11.9 Å². The molecule has 2 fully saturated rings. The number of piperidine rings is 1. The first-order valence-electron chi connectivity index (χ1n) is 7.43. The van der Waals surface area contributed by atoms with Gasteiger partial charge in [0.05, 0.1) is 6.61 Å². The molecule has 1 aliphatic heterocycles. The molecular weight excluding hydrogens is 238 g/mol. The topological polar surface area (TPSA) is 38.2 Å². The van der Waals surface area contributed by atoms with Crippen molar-refractivity contribution < 1.29 is 4.74 Å². The fourth-order valence-electron chi connectivity index (χ4n) is 2.77. The maximum absolute atomic E-state index is 5.72. The summed E-state index contributed by atoms with van der Waals surface area (Å²) >= 11 is 0. The molecule has 0 bridgehead atoms. The monoisotopic (exact) mass is 261 g/mol. The van der Waals surface area contributed by atoms with E-state index in [-0.39, 0.29) is 0 Å². The van der Waals surface area contributed by atoms with Gasteiger partial charge in [-0.3, -0.25) is 0 Å². The van der Waals surface area contributed by atoms with Gasteiger partial charge in [0.25, 0.3) is 0 Å². The van der Waals surface area contributed by atoms with E-state index in [0.717, 1.165) is 18.1 Å². The zero-order chi connectivity index (χ0) is 13.1. The smallest absolute Gasteiger partial charge is 0.316 e. The summed E-state index contributed by atoms with van der Waals surface area (Å²) in [5.74, 6) is 1.62. The van der Waals surface area contributed by atoms with Crippen molar-refractivity contribution in [2.75, 3.05) is 26.2 Å². The molecule has 0 radical (unpaired) electrons. The summed E-state index contributed by atoms with van der Waals surface area (Å²) in [4.78, 5) is 11.0. The van der Waals surface area contributed by atoms with Crippen LogP contribution < -0.4 is 4.74 Å². The molecule has 1 aromatic heterocycles. The van der Waals surface area contributed by atoms with Crippen molar-refractivity contribution in [2.45, 2.75) is 32.6 Å².